The van der Waals surface area contributed by atoms with Gasteiger partial charge in [-0.2, -0.15) is 0 Å². The lowest BCUT2D eigenvalue weighted by Gasteiger charge is -2.12. The van der Waals surface area contributed by atoms with Crippen LogP contribution >= 0.6 is 11.6 Å². The minimum atomic E-state index is -0.279. The van der Waals surface area contributed by atoms with Crippen molar-refractivity contribution in [1.82, 2.24) is 19.9 Å². The molecule has 0 radical (unpaired) electrons. The topological polar surface area (TPSA) is 90.3 Å². The second-order valence-corrected chi connectivity index (χ2v) is 7.54. The summed E-state index contributed by atoms with van der Waals surface area (Å²) in [5, 5.41) is 6.50. The van der Waals surface area contributed by atoms with Crippen LogP contribution in [0.5, 0.6) is 17.2 Å². The lowest BCUT2D eigenvalue weighted by Crippen LogP contribution is -2.18. The van der Waals surface area contributed by atoms with Crippen LogP contribution in [-0.4, -0.2) is 34.6 Å². The third kappa shape index (κ3) is 4.17. The van der Waals surface area contributed by atoms with E-state index in [4.69, 9.17) is 26.1 Å². The molecule has 0 bridgehead atoms. The summed E-state index contributed by atoms with van der Waals surface area (Å²) in [5.41, 5.74) is 3.64. The van der Waals surface area contributed by atoms with Crippen molar-refractivity contribution in [2.24, 2.45) is 7.05 Å². The van der Waals surface area contributed by atoms with Gasteiger partial charge in [-0.1, -0.05) is 11.6 Å². The van der Waals surface area contributed by atoms with E-state index in [-0.39, 0.29) is 11.6 Å². The lowest BCUT2D eigenvalue weighted by atomic mass is 10.2. The zero-order valence-electron chi connectivity index (χ0n) is 18.1. The number of anilines is 2. The van der Waals surface area contributed by atoms with Crippen LogP contribution in [0.25, 0.3) is 11.0 Å². The van der Waals surface area contributed by atoms with E-state index in [0.29, 0.717) is 28.2 Å². The third-order valence-corrected chi connectivity index (χ3v) is 5.41. The van der Waals surface area contributed by atoms with Gasteiger partial charge < -0.3 is 24.7 Å². The molecule has 1 amide bonds. The molecule has 0 saturated carbocycles. The molecule has 2 aromatic carbocycles. The molecule has 2 N–H and O–H groups in total. The van der Waals surface area contributed by atoms with E-state index >= 15 is 0 Å². The molecule has 4 aromatic rings. The van der Waals surface area contributed by atoms with Crippen molar-refractivity contribution in [3.8, 4) is 17.2 Å². The Labute approximate surface area is 190 Å². The Balaban J connectivity index is 1.63. The van der Waals surface area contributed by atoms with Crippen LogP contribution in [-0.2, 0) is 7.05 Å². The van der Waals surface area contributed by atoms with Crippen molar-refractivity contribution < 1.29 is 14.3 Å². The van der Waals surface area contributed by atoms with E-state index in [2.05, 4.69) is 15.6 Å². The first-order chi connectivity index (χ1) is 15.4. The fourth-order valence-corrected chi connectivity index (χ4v) is 3.42. The summed E-state index contributed by atoms with van der Waals surface area (Å²) in [6.45, 7) is 1.93. The number of hydrogen-bond donors (Lipinski definition) is 2. The monoisotopic (exact) mass is 451 g/mol. The fraction of sp³-hybridized carbons (Fsp3) is 0.174. The molecule has 0 aliphatic rings. The van der Waals surface area contributed by atoms with Gasteiger partial charge in [0.25, 0.3) is 5.91 Å². The maximum atomic E-state index is 11.8. The number of pyridine rings is 1. The maximum Gasteiger partial charge on any atom is 0.269 e. The summed E-state index contributed by atoms with van der Waals surface area (Å²) in [4.78, 5) is 20.6. The number of benzene rings is 2. The first-order valence-electron chi connectivity index (χ1n) is 9.83. The van der Waals surface area contributed by atoms with Gasteiger partial charge >= 0.3 is 0 Å². The predicted octanol–water partition coefficient (Wildman–Crippen LogP) is 4.83. The number of halogens is 1. The van der Waals surface area contributed by atoms with Gasteiger partial charge in [0.15, 0.2) is 0 Å². The molecule has 0 spiro atoms. The summed E-state index contributed by atoms with van der Waals surface area (Å²) in [5.74, 6) is 2.09. The Morgan fingerprint density at radius 3 is 2.66 bits per heavy atom. The first kappa shape index (κ1) is 21.5. The molecule has 9 heteroatoms. The van der Waals surface area contributed by atoms with Crippen LogP contribution in [0.4, 0.5) is 11.6 Å². The van der Waals surface area contributed by atoms with Crippen LogP contribution in [0.2, 0.25) is 5.02 Å². The third-order valence-electron chi connectivity index (χ3n) is 5.01. The van der Waals surface area contributed by atoms with Crippen LogP contribution in [0.15, 0.2) is 48.7 Å². The number of hydrogen-bond acceptors (Lipinski definition) is 6. The highest BCUT2D eigenvalue weighted by molar-refractivity contribution is 6.31. The largest absolute Gasteiger partial charge is 0.495 e. The van der Waals surface area contributed by atoms with E-state index in [1.165, 1.54) is 6.20 Å². The van der Waals surface area contributed by atoms with Gasteiger partial charge in [-0.3, -0.25) is 9.78 Å². The summed E-state index contributed by atoms with van der Waals surface area (Å²) >= 11 is 6.21. The summed E-state index contributed by atoms with van der Waals surface area (Å²) in [6.07, 6.45) is 1.53. The minimum absolute atomic E-state index is 0.279. The number of nitrogens with zero attached hydrogens (tertiary/aromatic N) is 3. The van der Waals surface area contributed by atoms with Gasteiger partial charge in [0, 0.05) is 43.5 Å². The van der Waals surface area contributed by atoms with E-state index in [1.54, 1.807) is 32.4 Å². The highest BCUT2D eigenvalue weighted by Crippen LogP contribution is 2.34. The van der Waals surface area contributed by atoms with Gasteiger partial charge in [-0.05, 0) is 36.8 Å². The molecule has 164 valence electrons. The normalized spacial score (nSPS) is 10.8. The maximum absolute atomic E-state index is 11.8. The van der Waals surface area contributed by atoms with Crippen molar-refractivity contribution in [3.63, 3.8) is 0 Å². The van der Waals surface area contributed by atoms with Crippen LogP contribution in [0.1, 0.15) is 16.1 Å². The standard InChI is InChI=1S/C23H22ClN5O3/c1-13-9-18(21(31-4)12-16(13)24)28-23-27-17-10-14(5-6-20(17)29(23)3)32-15-7-8-26-19(11-15)22(30)25-2/h5-12H,1-4H3,(H,25,30)(H,27,28). The zero-order valence-corrected chi connectivity index (χ0v) is 18.8. The molecule has 2 heterocycles. The van der Waals surface area contributed by atoms with Crippen molar-refractivity contribution in [2.75, 3.05) is 19.5 Å². The summed E-state index contributed by atoms with van der Waals surface area (Å²) < 4.78 is 13.3. The first-order valence-corrected chi connectivity index (χ1v) is 10.2. The number of aryl methyl sites for hydroxylation is 2. The Bertz CT molecular complexity index is 1320. The molecule has 0 aliphatic heterocycles. The molecular formula is C23H22ClN5O3. The van der Waals surface area contributed by atoms with Crippen LogP contribution < -0.4 is 20.1 Å². The molecule has 0 fully saturated rings. The Hall–Kier alpha value is -3.78. The van der Waals surface area contributed by atoms with Crippen molar-refractivity contribution in [1.29, 1.82) is 0 Å². The number of amides is 1. The van der Waals surface area contributed by atoms with E-state index < -0.39 is 0 Å². The molecule has 0 unspecified atom stereocenters. The second-order valence-electron chi connectivity index (χ2n) is 7.13. The SMILES string of the molecule is CNC(=O)c1cc(Oc2ccc3c(c2)nc(Nc2cc(C)c(Cl)cc2OC)n3C)ccn1. The number of methoxy groups -OCH3 is 1. The molecule has 2 aromatic heterocycles. The molecule has 4 rings (SSSR count). The van der Waals surface area contributed by atoms with Gasteiger partial charge in [0.05, 0.1) is 23.8 Å². The molecule has 0 saturated heterocycles. The average Bonchev–Trinajstić information content (AvgIpc) is 3.10. The number of carbonyl (C=O) groups is 1. The highest BCUT2D eigenvalue weighted by Gasteiger charge is 2.14. The quantitative estimate of drug-likeness (QED) is 0.436. The number of nitrogens with one attached hydrogen (secondary N) is 2. The van der Waals surface area contributed by atoms with Gasteiger partial charge in [0.2, 0.25) is 5.95 Å². The Morgan fingerprint density at radius 2 is 1.91 bits per heavy atom. The fourth-order valence-electron chi connectivity index (χ4n) is 3.27. The van der Waals surface area contributed by atoms with Gasteiger partial charge in [-0.25, -0.2) is 4.98 Å². The lowest BCUT2D eigenvalue weighted by molar-refractivity contribution is 0.0958. The van der Waals surface area contributed by atoms with Crippen LogP contribution in [0.3, 0.4) is 0 Å². The highest BCUT2D eigenvalue weighted by atomic mass is 35.5. The molecule has 0 aliphatic carbocycles. The number of fused-ring (bicyclic) bond motifs is 1. The van der Waals surface area contributed by atoms with E-state index in [0.717, 1.165) is 22.3 Å². The number of rotatable bonds is 6. The summed E-state index contributed by atoms with van der Waals surface area (Å²) in [7, 11) is 5.07. The molecular weight excluding hydrogens is 430 g/mol. The predicted molar refractivity (Wildman–Crippen MR) is 124 cm³/mol. The van der Waals surface area contributed by atoms with Gasteiger partial charge in [0.1, 0.15) is 22.9 Å². The van der Waals surface area contributed by atoms with Crippen molar-refractivity contribution in [3.05, 3.63) is 64.9 Å². The van der Waals surface area contributed by atoms with E-state index in [9.17, 15) is 4.79 Å². The summed E-state index contributed by atoms with van der Waals surface area (Å²) in [6, 6.07) is 12.6. The number of ether oxygens (including phenoxy) is 2. The molecule has 0 atom stereocenters. The number of carbonyl (C=O) groups excluding carboxylic acids is 1. The van der Waals surface area contributed by atoms with Gasteiger partial charge in [-0.15, -0.1) is 0 Å². The molecule has 8 nitrogen and oxygen atoms in total. The number of imidazole rings is 1. The average molecular weight is 452 g/mol. The Morgan fingerprint density at radius 1 is 1.12 bits per heavy atom. The van der Waals surface area contributed by atoms with Crippen LogP contribution in [0, 0.1) is 6.92 Å². The second kappa shape index (κ2) is 8.76. The Kier molecular flexibility index (Phi) is 5.87. The van der Waals surface area contributed by atoms with Crippen molar-refractivity contribution in [2.45, 2.75) is 6.92 Å². The minimum Gasteiger partial charge on any atom is -0.495 e. The number of aromatic nitrogens is 3. The van der Waals surface area contributed by atoms with Crippen molar-refractivity contribution >= 4 is 40.2 Å². The molecule has 32 heavy (non-hydrogen) atoms. The smallest absolute Gasteiger partial charge is 0.269 e. The zero-order chi connectivity index (χ0) is 22.8. The van der Waals surface area contributed by atoms with E-state index in [1.807, 2.05) is 42.8 Å².